The second-order valence-electron chi connectivity index (χ2n) is 6.10. The van der Waals surface area contributed by atoms with E-state index >= 15 is 0 Å². The molecule has 2 aromatic rings. The minimum absolute atomic E-state index is 0.318. The van der Waals surface area contributed by atoms with Gasteiger partial charge in [0.25, 0.3) is 0 Å². The standard InChI is InChI=1S/C23H22O3/c1-3-25-23(24)13-17(2)9-10-18-14-21-15-20(11-12-22(21)26-16-18)19-7-5-4-6-8-19/h4-15H,3,16H2,1-2H3/b10-9+,17-13+. The van der Waals surface area contributed by atoms with Crippen molar-refractivity contribution in [3.63, 3.8) is 0 Å². The lowest BCUT2D eigenvalue weighted by Gasteiger charge is -2.17. The highest BCUT2D eigenvalue weighted by Gasteiger charge is 2.11. The predicted octanol–water partition coefficient (Wildman–Crippen LogP) is 5.20. The largest absolute Gasteiger partial charge is 0.488 e. The first-order chi connectivity index (χ1) is 12.7. The normalized spacial score (nSPS) is 13.8. The molecule has 0 N–H and O–H groups in total. The molecule has 0 unspecified atom stereocenters. The van der Waals surface area contributed by atoms with Gasteiger partial charge in [-0.15, -0.1) is 0 Å². The first-order valence-corrected chi connectivity index (χ1v) is 8.71. The molecule has 0 atom stereocenters. The van der Waals surface area contributed by atoms with Crippen molar-refractivity contribution in [2.75, 3.05) is 13.2 Å². The second-order valence-corrected chi connectivity index (χ2v) is 6.10. The Balaban J connectivity index is 1.80. The Bertz CT molecular complexity index is 874. The molecule has 0 aliphatic carbocycles. The molecule has 0 amide bonds. The Labute approximate surface area is 154 Å². The summed E-state index contributed by atoms with van der Waals surface area (Å²) in [6.45, 7) is 4.56. The van der Waals surface area contributed by atoms with Crippen LogP contribution in [0.3, 0.4) is 0 Å². The molecule has 2 aromatic carbocycles. The van der Waals surface area contributed by atoms with Crippen LogP contribution in [-0.2, 0) is 9.53 Å². The summed E-state index contributed by atoms with van der Waals surface area (Å²) < 4.78 is 10.8. The van der Waals surface area contributed by atoms with Crippen molar-refractivity contribution < 1.29 is 14.3 Å². The lowest BCUT2D eigenvalue weighted by atomic mass is 9.99. The lowest BCUT2D eigenvalue weighted by molar-refractivity contribution is -0.137. The third-order valence-corrected chi connectivity index (χ3v) is 4.04. The molecule has 3 heteroatoms. The van der Waals surface area contributed by atoms with Gasteiger partial charge in [-0.2, -0.15) is 0 Å². The molecular formula is C23H22O3. The molecule has 3 rings (SSSR count). The first kappa shape index (κ1) is 17.7. The number of carbonyl (C=O) groups excluding carboxylic acids is 1. The molecule has 0 bridgehead atoms. The van der Waals surface area contributed by atoms with Crippen LogP contribution >= 0.6 is 0 Å². The van der Waals surface area contributed by atoms with Gasteiger partial charge < -0.3 is 9.47 Å². The summed E-state index contributed by atoms with van der Waals surface area (Å²) in [6.07, 6.45) is 7.49. The quantitative estimate of drug-likeness (QED) is 0.424. The number of fused-ring (bicyclic) bond motifs is 1. The number of benzene rings is 2. The fourth-order valence-corrected chi connectivity index (χ4v) is 2.76. The van der Waals surface area contributed by atoms with E-state index in [1.54, 1.807) is 6.92 Å². The van der Waals surface area contributed by atoms with E-state index in [9.17, 15) is 4.79 Å². The number of rotatable bonds is 5. The van der Waals surface area contributed by atoms with Crippen LogP contribution < -0.4 is 4.74 Å². The van der Waals surface area contributed by atoms with Gasteiger partial charge in [0.05, 0.1) is 6.61 Å². The van der Waals surface area contributed by atoms with E-state index in [1.165, 1.54) is 11.6 Å². The maximum atomic E-state index is 11.5. The highest BCUT2D eigenvalue weighted by atomic mass is 16.5. The van der Waals surface area contributed by atoms with Crippen LogP contribution in [0.25, 0.3) is 17.2 Å². The number of carbonyl (C=O) groups is 1. The molecule has 0 fully saturated rings. The van der Waals surface area contributed by atoms with Gasteiger partial charge in [-0.25, -0.2) is 4.79 Å². The summed E-state index contributed by atoms with van der Waals surface area (Å²) in [7, 11) is 0. The third kappa shape index (κ3) is 4.51. The van der Waals surface area contributed by atoms with Crippen molar-refractivity contribution in [2.45, 2.75) is 13.8 Å². The topological polar surface area (TPSA) is 35.5 Å². The summed E-state index contributed by atoms with van der Waals surface area (Å²) in [5, 5.41) is 0. The van der Waals surface area contributed by atoms with Crippen molar-refractivity contribution >= 4 is 12.0 Å². The molecular weight excluding hydrogens is 324 g/mol. The lowest BCUT2D eigenvalue weighted by Crippen LogP contribution is -2.06. The Morgan fingerprint density at radius 1 is 1.15 bits per heavy atom. The molecule has 1 aliphatic heterocycles. The molecule has 0 spiro atoms. The number of hydrogen-bond acceptors (Lipinski definition) is 3. The number of hydrogen-bond donors (Lipinski definition) is 0. The van der Waals surface area contributed by atoms with Crippen LogP contribution in [0.15, 0.2) is 77.9 Å². The van der Waals surface area contributed by atoms with Crippen LogP contribution in [0.1, 0.15) is 19.4 Å². The van der Waals surface area contributed by atoms with Crippen LogP contribution in [0, 0.1) is 0 Å². The van der Waals surface area contributed by atoms with Gasteiger partial charge in [-0.05, 0) is 54.3 Å². The van der Waals surface area contributed by atoms with E-state index < -0.39 is 0 Å². The molecule has 3 nitrogen and oxygen atoms in total. The van der Waals surface area contributed by atoms with Crippen molar-refractivity contribution in [3.8, 4) is 16.9 Å². The third-order valence-electron chi connectivity index (χ3n) is 4.04. The van der Waals surface area contributed by atoms with Crippen LogP contribution in [0.4, 0.5) is 0 Å². The zero-order valence-corrected chi connectivity index (χ0v) is 15.1. The summed E-state index contributed by atoms with van der Waals surface area (Å²) in [5.41, 5.74) is 5.30. The average molecular weight is 346 g/mol. The molecule has 0 radical (unpaired) electrons. The van der Waals surface area contributed by atoms with Crippen molar-refractivity contribution in [1.29, 1.82) is 0 Å². The van der Waals surface area contributed by atoms with Gasteiger partial charge >= 0.3 is 5.97 Å². The van der Waals surface area contributed by atoms with E-state index in [0.29, 0.717) is 13.2 Å². The average Bonchev–Trinajstić information content (AvgIpc) is 2.66. The molecule has 1 heterocycles. The minimum atomic E-state index is -0.318. The molecule has 0 aromatic heterocycles. The number of ether oxygens (including phenoxy) is 2. The molecule has 26 heavy (non-hydrogen) atoms. The highest BCUT2D eigenvalue weighted by Crippen LogP contribution is 2.31. The highest BCUT2D eigenvalue weighted by molar-refractivity contribution is 5.83. The number of esters is 1. The maximum absolute atomic E-state index is 11.5. The Morgan fingerprint density at radius 3 is 2.73 bits per heavy atom. The van der Waals surface area contributed by atoms with Gasteiger partial charge in [-0.3, -0.25) is 0 Å². The fraction of sp³-hybridized carbons (Fsp3) is 0.174. The number of allylic oxidation sites excluding steroid dienone is 2. The van der Waals surface area contributed by atoms with Crippen molar-refractivity contribution in [1.82, 2.24) is 0 Å². The van der Waals surface area contributed by atoms with Gasteiger partial charge in [0.15, 0.2) is 0 Å². The van der Waals surface area contributed by atoms with Crippen molar-refractivity contribution in [3.05, 3.63) is 83.5 Å². The molecule has 0 saturated carbocycles. The molecule has 0 saturated heterocycles. The summed E-state index contributed by atoms with van der Waals surface area (Å²) >= 11 is 0. The zero-order chi connectivity index (χ0) is 18.4. The van der Waals surface area contributed by atoms with Gasteiger partial charge in [-0.1, -0.05) is 48.6 Å². The second kappa shape index (κ2) is 8.34. The van der Waals surface area contributed by atoms with Crippen LogP contribution in [-0.4, -0.2) is 19.2 Å². The smallest absolute Gasteiger partial charge is 0.330 e. The van der Waals surface area contributed by atoms with Crippen LogP contribution in [0.5, 0.6) is 5.75 Å². The summed E-state index contributed by atoms with van der Waals surface area (Å²) in [6, 6.07) is 16.5. The van der Waals surface area contributed by atoms with Crippen LogP contribution in [0.2, 0.25) is 0 Å². The predicted molar refractivity (Wildman–Crippen MR) is 105 cm³/mol. The van der Waals surface area contributed by atoms with Gasteiger partial charge in [0, 0.05) is 11.6 Å². The van der Waals surface area contributed by atoms with E-state index in [-0.39, 0.29) is 5.97 Å². The van der Waals surface area contributed by atoms with Crippen molar-refractivity contribution in [2.24, 2.45) is 0 Å². The van der Waals surface area contributed by atoms with E-state index in [4.69, 9.17) is 9.47 Å². The minimum Gasteiger partial charge on any atom is -0.488 e. The van der Waals surface area contributed by atoms with Gasteiger partial charge in [0.1, 0.15) is 12.4 Å². The first-order valence-electron chi connectivity index (χ1n) is 8.71. The summed E-state index contributed by atoms with van der Waals surface area (Å²) in [4.78, 5) is 11.5. The Kier molecular flexibility index (Phi) is 5.69. The van der Waals surface area contributed by atoms with E-state index in [1.807, 2.05) is 43.3 Å². The zero-order valence-electron chi connectivity index (χ0n) is 15.1. The maximum Gasteiger partial charge on any atom is 0.330 e. The molecule has 1 aliphatic rings. The van der Waals surface area contributed by atoms with E-state index in [2.05, 4.69) is 30.3 Å². The SMILES string of the molecule is CCOC(=O)/C=C(C)/C=C/C1=Cc2cc(-c3ccccc3)ccc2OC1. The monoisotopic (exact) mass is 346 g/mol. The Morgan fingerprint density at radius 2 is 1.96 bits per heavy atom. The fourth-order valence-electron chi connectivity index (χ4n) is 2.76. The Hall–Kier alpha value is -3.07. The summed E-state index contributed by atoms with van der Waals surface area (Å²) in [5.74, 6) is 0.571. The van der Waals surface area contributed by atoms with Gasteiger partial charge in [0.2, 0.25) is 0 Å². The van der Waals surface area contributed by atoms with E-state index in [0.717, 1.165) is 28.0 Å². The molecule has 132 valence electrons.